The number of hydrogen-bond donors (Lipinski definition) is 0. The minimum Gasteiger partial charge on any atom is -0.497 e. The van der Waals surface area contributed by atoms with Gasteiger partial charge in [-0.2, -0.15) is 0 Å². The lowest BCUT2D eigenvalue weighted by atomic mass is 9.85. The summed E-state index contributed by atoms with van der Waals surface area (Å²) in [5, 5.41) is 0. The highest BCUT2D eigenvalue weighted by atomic mass is 16.5. The van der Waals surface area contributed by atoms with Crippen LogP contribution in [0.25, 0.3) is 0 Å². The number of rotatable bonds is 9. The molecule has 0 bridgehead atoms. The van der Waals surface area contributed by atoms with E-state index in [2.05, 4.69) is 11.8 Å². The second-order valence-electron chi connectivity index (χ2n) is 9.21. The molecule has 0 aliphatic carbocycles. The van der Waals surface area contributed by atoms with Crippen molar-refractivity contribution in [2.45, 2.75) is 51.6 Å². The molecular formula is C24H37N3O4. The number of urea groups is 1. The van der Waals surface area contributed by atoms with Gasteiger partial charge in [-0.3, -0.25) is 14.6 Å². The van der Waals surface area contributed by atoms with Gasteiger partial charge in [0.1, 0.15) is 11.3 Å². The van der Waals surface area contributed by atoms with Crippen molar-refractivity contribution in [1.82, 2.24) is 14.7 Å². The maximum atomic E-state index is 13.5. The second-order valence-corrected chi connectivity index (χ2v) is 9.21. The number of likely N-dealkylation sites (tertiary alicyclic amines) is 1. The van der Waals surface area contributed by atoms with E-state index in [0.717, 1.165) is 24.4 Å². The fraction of sp³-hybridized carbons (Fsp3) is 0.667. The third-order valence-corrected chi connectivity index (χ3v) is 6.61. The molecule has 1 spiro atoms. The number of ether oxygens (including phenoxy) is 2. The standard InChI is InChI=1S/C24H37N3O4/c1-18(2)16-26-22(28)24(11-14-25(15-12-24)19(3)17-30-4)27(23(26)29)13-10-20-6-8-21(31-5)9-7-20/h6-9,18-19H,10-17H2,1-5H3/t19-/m1/s1. The summed E-state index contributed by atoms with van der Waals surface area (Å²) in [6.07, 6.45) is 2.05. The van der Waals surface area contributed by atoms with Gasteiger partial charge in [-0.25, -0.2) is 4.79 Å². The Hall–Kier alpha value is -2.12. The highest BCUT2D eigenvalue weighted by Crippen LogP contribution is 2.38. The Morgan fingerprint density at radius 1 is 1.03 bits per heavy atom. The largest absolute Gasteiger partial charge is 0.497 e. The molecule has 0 aromatic heterocycles. The van der Waals surface area contributed by atoms with Crippen LogP contribution in [0.1, 0.15) is 39.2 Å². The Bertz CT molecular complexity index is 757. The lowest BCUT2D eigenvalue weighted by Crippen LogP contribution is -2.58. The predicted molar refractivity (Wildman–Crippen MR) is 120 cm³/mol. The molecule has 1 aromatic carbocycles. The minimum absolute atomic E-state index is 0.0139. The number of benzene rings is 1. The topological polar surface area (TPSA) is 62.3 Å². The second kappa shape index (κ2) is 10.0. The van der Waals surface area contributed by atoms with Crippen LogP contribution < -0.4 is 4.74 Å². The van der Waals surface area contributed by atoms with Gasteiger partial charge >= 0.3 is 6.03 Å². The Labute approximate surface area is 186 Å². The number of amides is 3. The van der Waals surface area contributed by atoms with Gasteiger partial charge in [-0.1, -0.05) is 26.0 Å². The smallest absolute Gasteiger partial charge is 0.327 e. The van der Waals surface area contributed by atoms with Crippen molar-refractivity contribution in [3.05, 3.63) is 29.8 Å². The van der Waals surface area contributed by atoms with Crippen LogP contribution in [0.2, 0.25) is 0 Å². The Kier molecular flexibility index (Phi) is 7.59. The van der Waals surface area contributed by atoms with Gasteiger partial charge in [0.25, 0.3) is 5.91 Å². The molecule has 3 amide bonds. The van der Waals surface area contributed by atoms with E-state index in [1.54, 1.807) is 14.2 Å². The van der Waals surface area contributed by atoms with Gasteiger partial charge in [0.15, 0.2) is 0 Å². The third-order valence-electron chi connectivity index (χ3n) is 6.61. The maximum absolute atomic E-state index is 13.5. The van der Waals surface area contributed by atoms with Gasteiger partial charge in [0, 0.05) is 39.3 Å². The van der Waals surface area contributed by atoms with E-state index in [1.165, 1.54) is 4.90 Å². The molecule has 0 N–H and O–H groups in total. The van der Waals surface area contributed by atoms with Crippen molar-refractivity contribution >= 4 is 11.9 Å². The van der Waals surface area contributed by atoms with E-state index in [9.17, 15) is 9.59 Å². The normalized spacial score (nSPS) is 20.2. The van der Waals surface area contributed by atoms with Crippen molar-refractivity contribution in [1.29, 1.82) is 0 Å². The third kappa shape index (κ3) is 4.88. The van der Waals surface area contributed by atoms with Crippen LogP contribution in [0.4, 0.5) is 4.79 Å². The Morgan fingerprint density at radius 2 is 1.68 bits per heavy atom. The first-order chi connectivity index (χ1) is 14.8. The average molecular weight is 432 g/mol. The Balaban J connectivity index is 1.78. The van der Waals surface area contributed by atoms with E-state index in [4.69, 9.17) is 9.47 Å². The molecule has 3 rings (SSSR count). The van der Waals surface area contributed by atoms with E-state index in [1.807, 2.05) is 43.0 Å². The number of imide groups is 1. The monoisotopic (exact) mass is 431 g/mol. The van der Waals surface area contributed by atoms with Crippen LogP contribution in [0.3, 0.4) is 0 Å². The molecule has 2 aliphatic heterocycles. The number of carbonyl (C=O) groups excluding carboxylic acids is 2. The molecule has 7 heteroatoms. The van der Waals surface area contributed by atoms with Gasteiger partial charge < -0.3 is 14.4 Å². The van der Waals surface area contributed by atoms with Crippen molar-refractivity contribution in [3.8, 4) is 5.75 Å². The average Bonchev–Trinajstić information content (AvgIpc) is 2.94. The number of nitrogens with zero attached hydrogens (tertiary/aromatic N) is 3. The fourth-order valence-corrected chi connectivity index (χ4v) is 4.82. The van der Waals surface area contributed by atoms with E-state index < -0.39 is 5.54 Å². The molecule has 172 valence electrons. The highest BCUT2D eigenvalue weighted by Gasteiger charge is 2.57. The molecule has 0 unspecified atom stereocenters. The van der Waals surface area contributed by atoms with Gasteiger partial charge in [0.2, 0.25) is 0 Å². The lowest BCUT2D eigenvalue weighted by Gasteiger charge is -2.44. The Morgan fingerprint density at radius 3 is 2.23 bits per heavy atom. The molecule has 31 heavy (non-hydrogen) atoms. The first kappa shape index (κ1) is 23.5. The lowest BCUT2D eigenvalue weighted by molar-refractivity contribution is -0.136. The zero-order chi connectivity index (χ0) is 22.6. The predicted octanol–water partition coefficient (Wildman–Crippen LogP) is 3.03. The molecule has 0 saturated carbocycles. The number of methoxy groups -OCH3 is 2. The molecule has 2 heterocycles. The molecule has 2 saturated heterocycles. The van der Waals surface area contributed by atoms with Crippen molar-refractivity contribution in [2.75, 3.05) is 47.0 Å². The van der Waals surface area contributed by atoms with Gasteiger partial charge in [-0.05, 0) is 49.8 Å². The van der Waals surface area contributed by atoms with Crippen molar-refractivity contribution < 1.29 is 19.1 Å². The summed E-state index contributed by atoms with van der Waals surface area (Å²) < 4.78 is 10.5. The van der Waals surface area contributed by atoms with E-state index in [0.29, 0.717) is 45.0 Å². The molecule has 1 aromatic rings. The highest BCUT2D eigenvalue weighted by molar-refractivity contribution is 6.07. The molecule has 2 aliphatic rings. The summed E-state index contributed by atoms with van der Waals surface area (Å²) in [6.45, 7) is 9.50. The zero-order valence-electron chi connectivity index (χ0n) is 19.6. The zero-order valence-corrected chi connectivity index (χ0v) is 19.6. The van der Waals surface area contributed by atoms with Crippen LogP contribution >= 0.6 is 0 Å². The molecule has 2 fully saturated rings. The van der Waals surface area contributed by atoms with Gasteiger partial charge in [-0.15, -0.1) is 0 Å². The van der Waals surface area contributed by atoms with Crippen LogP contribution in [0.15, 0.2) is 24.3 Å². The fourth-order valence-electron chi connectivity index (χ4n) is 4.82. The molecular weight excluding hydrogens is 394 g/mol. The van der Waals surface area contributed by atoms with Crippen LogP contribution in [0.5, 0.6) is 5.75 Å². The van der Waals surface area contributed by atoms with Crippen molar-refractivity contribution in [3.63, 3.8) is 0 Å². The molecule has 7 nitrogen and oxygen atoms in total. The number of hydrogen-bond acceptors (Lipinski definition) is 5. The van der Waals surface area contributed by atoms with Crippen molar-refractivity contribution in [2.24, 2.45) is 5.92 Å². The van der Waals surface area contributed by atoms with E-state index in [-0.39, 0.29) is 17.9 Å². The van der Waals surface area contributed by atoms with Crippen LogP contribution in [-0.4, -0.2) is 85.2 Å². The summed E-state index contributed by atoms with van der Waals surface area (Å²) in [7, 11) is 3.36. The van der Waals surface area contributed by atoms with Crippen LogP contribution in [0, 0.1) is 5.92 Å². The summed E-state index contributed by atoms with van der Waals surface area (Å²) in [6, 6.07) is 8.08. The first-order valence-electron chi connectivity index (χ1n) is 11.3. The summed E-state index contributed by atoms with van der Waals surface area (Å²) in [5.74, 6) is 1.04. The first-order valence-corrected chi connectivity index (χ1v) is 11.3. The SMILES string of the molecule is COC[C@@H](C)N1CCC2(CC1)C(=O)N(CC(C)C)C(=O)N2CCc1ccc(OC)cc1. The summed E-state index contributed by atoms with van der Waals surface area (Å²) in [4.78, 5) is 32.6. The van der Waals surface area contributed by atoms with Crippen LogP contribution in [-0.2, 0) is 16.0 Å². The summed E-state index contributed by atoms with van der Waals surface area (Å²) in [5.41, 5.74) is 0.409. The maximum Gasteiger partial charge on any atom is 0.327 e. The molecule has 0 radical (unpaired) electrons. The van der Waals surface area contributed by atoms with E-state index >= 15 is 0 Å². The quantitative estimate of drug-likeness (QED) is 0.563. The molecule has 1 atom stereocenters. The van der Waals surface area contributed by atoms with Gasteiger partial charge in [0.05, 0.1) is 13.7 Å². The minimum atomic E-state index is -0.721. The summed E-state index contributed by atoms with van der Waals surface area (Å²) >= 11 is 0. The number of piperidine rings is 1. The number of carbonyl (C=O) groups is 2.